The standard InChI is InChI=1S/C17H22ClNO/c1-2-4-13-7-9-17(12-19,10-8-13)16(20)14-5-3-6-15(18)11-14/h3,5-6,11,13,16,20H,2,4,7-10H2,1H3. The van der Waals surface area contributed by atoms with Crippen molar-refractivity contribution in [3.05, 3.63) is 34.9 Å². The molecular weight excluding hydrogens is 270 g/mol. The fourth-order valence-corrected chi connectivity index (χ4v) is 3.53. The van der Waals surface area contributed by atoms with Crippen LogP contribution in [0.5, 0.6) is 0 Å². The van der Waals surface area contributed by atoms with Gasteiger partial charge in [-0.25, -0.2) is 0 Å². The second-order valence-corrected chi connectivity index (χ2v) is 6.39. The van der Waals surface area contributed by atoms with Crippen molar-refractivity contribution in [1.29, 1.82) is 5.26 Å². The largest absolute Gasteiger partial charge is 0.387 e. The molecule has 2 rings (SSSR count). The minimum atomic E-state index is -0.742. The van der Waals surface area contributed by atoms with Gasteiger partial charge in [0.05, 0.1) is 17.6 Å². The fraction of sp³-hybridized carbons (Fsp3) is 0.588. The first-order valence-electron chi connectivity index (χ1n) is 7.46. The summed E-state index contributed by atoms with van der Waals surface area (Å²) in [5.41, 5.74) is 0.113. The molecule has 1 unspecified atom stereocenters. The number of hydrogen-bond acceptors (Lipinski definition) is 2. The molecule has 1 aromatic carbocycles. The average molecular weight is 292 g/mol. The molecule has 1 aliphatic carbocycles. The maximum absolute atomic E-state index is 10.7. The van der Waals surface area contributed by atoms with Gasteiger partial charge < -0.3 is 5.11 Å². The van der Waals surface area contributed by atoms with Crippen molar-refractivity contribution in [2.75, 3.05) is 0 Å². The van der Waals surface area contributed by atoms with E-state index in [1.165, 1.54) is 12.8 Å². The molecule has 1 aliphatic rings. The second kappa shape index (κ2) is 6.61. The van der Waals surface area contributed by atoms with E-state index >= 15 is 0 Å². The first-order valence-corrected chi connectivity index (χ1v) is 7.84. The van der Waals surface area contributed by atoms with E-state index in [1.807, 2.05) is 12.1 Å². The Morgan fingerprint density at radius 3 is 2.70 bits per heavy atom. The van der Waals surface area contributed by atoms with Crippen molar-refractivity contribution in [2.45, 2.75) is 51.6 Å². The Hall–Kier alpha value is -1.04. The first kappa shape index (κ1) is 15.4. The van der Waals surface area contributed by atoms with Crippen LogP contribution in [0.3, 0.4) is 0 Å². The molecule has 1 saturated carbocycles. The van der Waals surface area contributed by atoms with Gasteiger partial charge in [0.1, 0.15) is 0 Å². The van der Waals surface area contributed by atoms with Crippen LogP contribution < -0.4 is 0 Å². The van der Waals surface area contributed by atoms with Gasteiger partial charge in [0, 0.05) is 5.02 Å². The highest BCUT2D eigenvalue weighted by atomic mass is 35.5. The van der Waals surface area contributed by atoms with Gasteiger partial charge in [-0.1, -0.05) is 43.5 Å². The van der Waals surface area contributed by atoms with Gasteiger partial charge in [0.25, 0.3) is 0 Å². The average Bonchev–Trinajstić information content (AvgIpc) is 2.48. The van der Waals surface area contributed by atoms with E-state index < -0.39 is 11.5 Å². The Labute approximate surface area is 126 Å². The Morgan fingerprint density at radius 2 is 2.15 bits per heavy atom. The molecule has 0 amide bonds. The second-order valence-electron chi connectivity index (χ2n) is 5.96. The summed E-state index contributed by atoms with van der Waals surface area (Å²) in [5.74, 6) is 0.716. The van der Waals surface area contributed by atoms with Crippen LogP contribution >= 0.6 is 11.6 Å². The zero-order valence-corrected chi connectivity index (χ0v) is 12.7. The Balaban J connectivity index is 2.14. The highest BCUT2D eigenvalue weighted by molar-refractivity contribution is 6.30. The van der Waals surface area contributed by atoms with Crippen molar-refractivity contribution in [3.8, 4) is 6.07 Å². The molecule has 2 nitrogen and oxygen atoms in total. The van der Waals surface area contributed by atoms with Crippen LogP contribution in [0.2, 0.25) is 5.02 Å². The smallest absolute Gasteiger partial charge is 0.0976 e. The van der Waals surface area contributed by atoms with E-state index in [0.29, 0.717) is 10.9 Å². The summed E-state index contributed by atoms with van der Waals surface area (Å²) in [4.78, 5) is 0. The molecule has 0 aliphatic heterocycles. The van der Waals surface area contributed by atoms with E-state index in [-0.39, 0.29) is 0 Å². The summed E-state index contributed by atoms with van der Waals surface area (Å²) in [5, 5.41) is 20.9. The third-order valence-electron chi connectivity index (χ3n) is 4.60. The predicted molar refractivity (Wildman–Crippen MR) is 81.3 cm³/mol. The van der Waals surface area contributed by atoms with E-state index in [9.17, 15) is 10.4 Å². The summed E-state index contributed by atoms with van der Waals surface area (Å²) in [7, 11) is 0. The summed E-state index contributed by atoms with van der Waals surface area (Å²) >= 11 is 5.99. The lowest BCUT2D eigenvalue weighted by molar-refractivity contribution is 0.0237. The monoisotopic (exact) mass is 291 g/mol. The Kier molecular flexibility index (Phi) is 5.07. The van der Waals surface area contributed by atoms with Crippen LogP contribution in [0.1, 0.15) is 57.1 Å². The Bertz CT molecular complexity index is 486. The number of benzene rings is 1. The zero-order chi connectivity index (χ0) is 14.6. The normalized spacial score (nSPS) is 27.8. The third kappa shape index (κ3) is 3.16. The molecule has 108 valence electrons. The van der Waals surface area contributed by atoms with Crippen LogP contribution in [0.15, 0.2) is 24.3 Å². The molecule has 1 aromatic rings. The van der Waals surface area contributed by atoms with Crippen LogP contribution in [-0.2, 0) is 0 Å². The Morgan fingerprint density at radius 1 is 1.45 bits per heavy atom. The highest BCUT2D eigenvalue weighted by Crippen LogP contribution is 2.48. The van der Waals surface area contributed by atoms with E-state index in [4.69, 9.17) is 11.6 Å². The number of nitriles is 1. The zero-order valence-electron chi connectivity index (χ0n) is 12.0. The lowest BCUT2D eigenvalue weighted by Gasteiger charge is -2.38. The van der Waals surface area contributed by atoms with Gasteiger partial charge in [-0.05, 0) is 49.3 Å². The number of hydrogen-bond donors (Lipinski definition) is 1. The number of halogens is 1. The van der Waals surface area contributed by atoms with Crippen molar-refractivity contribution in [3.63, 3.8) is 0 Å². The topological polar surface area (TPSA) is 44.0 Å². The molecular formula is C17H22ClNO. The molecule has 1 N–H and O–H groups in total. The van der Waals surface area contributed by atoms with Gasteiger partial charge in [-0.2, -0.15) is 5.26 Å². The maximum atomic E-state index is 10.7. The quantitative estimate of drug-likeness (QED) is 0.860. The van der Waals surface area contributed by atoms with Crippen LogP contribution in [0.4, 0.5) is 0 Å². The lowest BCUT2D eigenvalue weighted by atomic mass is 9.66. The number of aliphatic hydroxyl groups is 1. The number of nitrogens with zero attached hydrogens (tertiary/aromatic N) is 1. The summed E-state index contributed by atoms with van der Waals surface area (Å²) in [6.45, 7) is 2.20. The van der Waals surface area contributed by atoms with E-state index in [1.54, 1.807) is 12.1 Å². The van der Waals surface area contributed by atoms with E-state index in [2.05, 4.69) is 13.0 Å². The maximum Gasteiger partial charge on any atom is 0.0976 e. The number of aliphatic hydroxyl groups excluding tert-OH is 1. The molecule has 3 heteroatoms. The third-order valence-corrected chi connectivity index (χ3v) is 4.84. The molecule has 1 atom stereocenters. The molecule has 0 bridgehead atoms. The van der Waals surface area contributed by atoms with E-state index in [0.717, 1.165) is 31.2 Å². The minimum Gasteiger partial charge on any atom is -0.387 e. The molecule has 0 spiro atoms. The predicted octanol–water partition coefficient (Wildman–Crippen LogP) is 4.87. The van der Waals surface area contributed by atoms with Gasteiger partial charge in [0.2, 0.25) is 0 Å². The van der Waals surface area contributed by atoms with Crippen LogP contribution in [0.25, 0.3) is 0 Å². The lowest BCUT2D eigenvalue weighted by Crippen LogP contribution is -2.32. The van der Waals surface area contributed by atoms with Crippen LogP contribution in [0, 0.1) is 22.7 Å². The van der Waals surface area contributed by atoms with Crippen LogP contribution in [-0.4, -0.2) is 5.11 Å². The van der Waals surface area contributed by atoms with Gasteiger partial charge in [-0.3, -0.25) is 0 Å². The minimum absolute atomic E-state index is 0.606. The summed E-state index contributed by atoms with van der Waals surface area (Å²) in [6, 6.07) is 9.64. The molecule has 1 fully saturated rings. The van der Waals surface area contributed by atoms with Crippen molar-refractivity contribution >= 4 is 11.6 Å². The number of rotatable bonds is 4. The molecule has 20 heavy (non-hydrogen) atoms. The fourth-order valence-electron chi connectivity index (χ4n) is 3.33. The van der Waals surface area contributed by atoms with Gasteiger partial charge in [0.15, 0.2) is 0 Å². The summed E-state index contributed by atoms with van der Waals surface area (Å²) < 4.78 is 0. The molecule has 0 heterocycles. The van der Waals surface area contributed by atoms with Crippen molar-refractivity contribution in [1.82, 2.24) is 0 Å². The molecule has 0 saturated heterocycles. The van der Waals surface area contributed by atoms with Gasteiger partial charge in [-0.15, -0.1) is 0 Å². The van der Waals surface area contributed by atoms with Crippen molar-refractivity contribution < 1.29 is 5.11 Å². The molecule has 0 aromatic heterocycles. The molecule has 0 radical (unpaired) electrons. The van der Waals surface area contributed by atoms with Gasteiger partial charge >= 0.3 is 0 Å². The SMILES string of the molecule is CCCC1CCC(C#N)(C(O)c2cccc(Cl)c2)CC1. The highest BCUT2D eigenvalue weighted by Gasteiger charge is 2.42. The first-order chi connectivity index (χ1) is 9.61. The summed E-state index contributed by atoms with van der Waals surface area (Å²) in [6.07, 6.45) is 5.33. The van der Waals surface area contributed by atoms with Crippen molar-refractivity contribution in [2.24, 2.45) is 11.3 Å².